The van der Waals surface area contributed by atoms with Crippen LogP contribution in [0.2, 0.25) is 0 Å². The fraction of sp³-hybridized carbons (Fsp3) is 0.714. The van der Waals surface area contributed by atoms with Gasteiger partial charge in [-0.15, -0.1) is 36.2 Å². The monoisotopic (exact) mass is 353 g/mol. The highest BCUT2D eigenvalue weighted by molar-refractivity contribution is 7.11. The molecule has 1 saturated carbocycles. The van der Waals surface area contributed by atoms with Gasteiger partial charge >= 0.3 is 0 Å². The van der Waals surface area contributed by atoms with Crippen molar-refractivity contribution in [1.29, 1.82) is 0 Å². The van der Waals surface area contributed by atoms with E-state index < -0.39 is 0 Å². The van der Waals surface area contributed by atoms with Gasteiger partial charge in [0.25, 0.3) is 0 Å². The Balaban J connectivity index is 0.00000200. The van der Waals surface area contributed by atoms with E-state index in [1.165, 1.54) is 11.3 Å². The van der Waals surface area contributed by atoms with E-state index in [-0.39, 0.29) is 36.8 Å². The third-order valence-corrected chi connectivity index (χ3v) is 4.97. The van der Waals surface area contributed by atoms with Crippen LogP contribution in [0.25, 0.3) is 0 Å². The minimum Gasteiger partial charge on any atom is -0.356 e. The van der Waals surface area contributed by atoms with E-state index in [1.807, 2.05) is 13.8 Å². The zero-order valence-electron chi connectivity index (χ0n) is 12.6. The third-order valence-electron chi connectivity index (χ3n) is 3.84. The number of aromatic nitrogens is 1. The number of aryl methyl sites for hydroxylation is 2. The molecule has 0 unspecified atom stereocenters. The molecule has 0 saturated heterocycles. The van der Waals surface area contributed by atoms with E-state index in [4.69, 9.17) is 5.73 Å². The summed E-state index contributed by atoms with van der Waals surface area (Å²) in [6, 6.07) is 0.220. The van der Waals surface area contributed by atoms with Crippen LogP contribution in [0.5, 0.6) is 0 Å². The average molecular weight is 354 g/mol. The molecule has 21 heavy (non-hydrogen) atoms. The fourth-order valence-electron chi connectivity index (χ4n) is 2.75. The van der Waals surface area contributed by atoms with Crippen LogP contribution in [0.3, 0.4) is 0 Å². The number of nitrogens with one attached hydrogen (secondary N) is 1. The Morgan fingerprint density at radius 2 is 2.10 bits per heavy atom. The van der Waals surface area contributed by atoms with Gasteiger partial charge in [-0.1, -0.05) is 6.42 Å². The molecule has 1 aromatic rings. The summed E-state index contributed by atoms with van der Waals surface area (Å²) in [7, 11) is 0. The second kappa shape index (κ2) is 9.62. The highest BCUT2D eigenvalue weighted by Gasteiger charge is 2.25. The molecule has 0 aromatic carbocycles. The quantitative estimate of drug-likeness (QED) is 0.854. The first-order valence-electron chi connectivity index (χ1n) is 7.01. The van der Waals surface area contributed by atoms with Gasteiger partial charge < -0.3 is 11.1 Å². The van der Waals surface area contributed by atoms with E-state index in [0.29, 0.717) is 18.9 Å². The van der Waals surface area contributed by atoms with Crippen molar-refractivity contribution >= 4 is 42.1 Å². The van der Waals surface area contributed by atoms with Gasteiger partial charge in [0, 0.05) is 30.3 Å². The van der Waals surface area contributed by atoms with Gasteiger partial charge in [-0.2, -0.15) is 0 Å². The van der Waals surface area contributed by atoms with Gasteiger partial charge in [-0.25, -0.2) is 4.98 Å². The predicted octanol–water partition coefficient (Wildman–Crippen LogP) is 2.78. The summed E-state index contributed by atoms with van der Waals surface area (Å²) in [5.74, 6) is 0.522. The molecule has 0 aliphatic heterocycles. The third kappa shape index (κ3) is 6.10. The highest BCUT2D eigenvalue weighted by atomic mass is 35.5. The molecule has 0 spiro atoms. The summed E-state index contributed by atoms with van der Waals surface area (Å²) in [4.78, 5) is 17.5. The lowest BCUT2D eigenvalue weighted by Crippen LogP contribution is -2.32. The normalized spacial score (nSPS) is 20.5. The van der Waals surface area contributed by atoms with Crippen molar-refractivity contribution in [3.05, 3.63) is 15.6 Å². The van der Waals surface area contributed by atoms with E-state index in [0.717, 1.165) is 30.0 Å². The van der Waals surface area contributed by atoms with Crippen LogP contribution in [-0.2, 0) is 11.2 Å². The van der Waals surface area contributed by atoms with Crippen molar-refractivity contribution in [2.24, 2.45) is 11.7 Å². The van der Waals surface area contributed by atoms with Crippen LogP contribution in [0.15, 0.2) is 0 Å². The first-order valence-corrected chi connectivity index (χ1v) is 7.83. The maximum absolute atomic E-state index is 11.8. The molecule has 1 heterocycles. The topological polar surface area (TPSA) is 68.0 Å². The van der Waals surface area contributed by atoms with Crippen LogP contribution < -0.4 is 11.1 Å². The molecule has 2 atom stereocenters. The maximum atomic E-state index is 11.8. The average Bonchev–Trinajstić information content (AvgIpc) is 2.86. The van der Waals surface area contributed by atoms with Crippen molar-refractivity contribution < 1.29 is 4.79 Å². The molecular weight excluding hydrogens is 329 g/mol. The van der Waals surface area contributed by atoms with Gasteiger partial charge in [0.05, 0.1) is 10.7 Å². The molecule has 7 heteroatoms. The predicted molar refractivity (Wildman–Crippen MR) is 92.7 cm³/mol. The van der Waals surface area contributed by atoms with Crippen LogP contribution in [-0.4, -0.2) is 23.5 Å². The summed E-state index contributed by atoms with van der Waals surface area (Å²) in [5.41, 5.74) is 7.08. The van der Waals surface area contributed by atoms with Crippen LogP contribution in [0, 0.1) is 19.8 Å². The number of thiazole rings is 1. The number of hydrogen-bond donors (Lipinski definition) is 2. The summed E-state index contributed by atoms with van der Waals surface area (Å²) in [6.07, 6.45) is 4.79. The minimum absolute atomic E-state index is 0. The minimum atomic E-state index is 0. The number of halogens is 2. The molecule has 3 N–H and O–H groups in total. The van der Waals surface area contributed by atoms with E-state index in [2.05, 4.69) is 10.3 Å². The molecule has 0 bridgehead atoms. The summed E-state index contributed by atoms with van der Waals surface area (Å²) < 4.78 is 0. The van der Waals surface area contributed by atoms with Crippen molar-refractivity contribution in [2.75, 3.05) is 6.54 Å². The van der Waals surface area contributed by atoms with Gasteiger partial charge in [0.2, 0.25) is 5.91 Å². The summed E-state index contributed by atoms with van der Waals surface area (Å²) in [5, 5.41) is 4.09. The summed E-state index contributed by atoms with van der Waals surface area (Å²) in [6.45, 7) is 4.74. The standard InChI is InChI=1S/C14H23N3OS.2ClH/c1-9-13(19-10(2)17-9)6-7-16-14(18)8-11-4-3-5-12(11)15;;/h11-12H,3-8,15H2,1-2H3,(H,16,18);2*1H/t11-,12+;;/m0../s1. The smallest absolute Gasteiger partial charge is 0.220 e. The second-order valence-electron chi connectivity index (χ2n) is 5.40. The second-order valence-corrected chi connectivity index (χ2v) is 6.69. The van der Waals surface area contributed by atoms with Gasteiger partial charge in [0.1, 0.15) is 0 Å². The number of amides is 1. The Labute approximate surface area is 143 Å². The van der Waals surface area contributed by atoms with E-state index in [9.17, 15) is 4.79 Å². The van der Waals surface area contributed by atoms with E-state index >= 15 is 0 Å². The lowest BCUT2D eigenvalue weighted by atomic mass is 10.00. The number of rotatable bonds is 5. The first-order chi connectivity index (χ1) is 9.06. The SMILES string of the molecule is Cc1nc(C)c(CCNC(=O)C[C@@H]2CCC[C@H]2N)s1.Cl.Cl. The van der Waals surface area contributed by atoms with Gasteiger partial charge in [-0.05, 0) is 32.6 Å². The largest absolute Gasteiger partial charge is 0.356 e. The maximum Gasteiger partial charge on any atom is 0.220 e. The highest BCUT2D eigenvalue weighted by Crippen LogP contribution is 2.26. The number of carbonyl (C=O) groups is 1. The number of nitrogens with zero attached hydrogens (tertiary/aromatic N) is 1. The Morgan fingerprint density at radius 3 is 2.62 bits per heavy atom. The molecule has 4 nitrogen and oxygen atoms in total. The number of nitrogens with two attached hydrogens (primary N) is 1. The lowest BCUT2D eigenvalue weighted by Gasteiger charge is -2.14. The zero-order valence-corrected chi connectivity index (χ0v) is 15.0. The molecule has 1 amide bonds. The van der Waals surface area contributed by atoms with Crippen molar-refractivity contribution in [3.8, 4) is 0 Å². The van der Waals surface area contributed by atoms with Crippen LogP contribution >= 0.6 is 36.2 Å². The molecule has 1 aliphatic carbocycles. The Morgan fingerprint density at radius 1 is 1.38 bits per heavy atom. The van der Waals surface area contributed by atoms with Crippen LogP contribution in [0.4, 0.5) is 0 Å². The van der Waals surface area contributed by atoms with E-state index in [1.54, 1.807) is 11.3 Å². The fourth-order valence-corrected chi connectivity index (χ4v) is 3.69. The van der Waals surface area contributed by atoms with Gasteiger partial charge in [0.15, 0.2) is 0 Å². The zero-order chi connectivity index (χ0) is 13.8. The van der Waals surface area contributed by atoms with Crippen molar-refractivity contribution in [1.82, 2.24) is 10.3 Å². The Kier molecular flexibility index (Phi) is 9.45. The Bertz CT molecular complexity index is 453. The first kappa shape index (κ1) is 20.6. The molecule has 122 valence electrons. The van der Waals surface area contributed by atoms with Gasteiger partial charge in [-0.3, -0.25) is 4.79 Å². The molecule has 2 rings (SSSR count). The Hall–Kier alpha value is -0.360. The number of carbonyl (C=O) groups excluding carboxylic acids is 1. The van der Waals surface area contributed by atoms with Crippen molar-refractivity contribution in [3.63, 3.8) is 0 Å². The van der Waals surface area contributed by atoms with Crippen molar-refractivity contribution in [2.45, 2.75) is 52.0 Å². The molecule has 1 aliphatic rings. The summed E-state index contributed by atoms with van der Waals surface area (Å²) >= 11 is 1.72. The molecule has 1 aromatic heterocycles. The molecule has 0 radical (unpaired) electrons. The lowest BCUT2D eigenvalue weighted by molar-refractivity contribution is -0.122. The van der Waals surface area contributed by atoms with Crippen LogP contribution in [0.1, 0.15) is 41.3 Å². The molecule has 1 fully saturated rings. The number of hydrogen-bond acceptors (Lipinski definition) is 4. The molecular formula is C14H25Cl2N3OS.